The molecule has 1 saturated carbocycles. The second kappa shape index (κ2) is 8.43. The smallest absolute Gasteiger partial charge is 0.0521 e. The lowest BCUT2D eigenvalue weighted by Gasteiger charge is -2.24. The number of aliphatic hydroxyl groups is 1. The molecule has 0 spiro atoms. The lowest BCUT2D eigenvalue weighted by molar-refractivity contribution is 0.322. The number of hydrogen-bond donors (Lipinski definition) is 2. The number of aliphatic hydroxyl groups excluding tert-OH is 1. The van der Waals surface area contributed by atoms with Crippen LogP contribution in [-0.4, -0.2) is 35.8 Å². The molecule has 1 aliphatic carbocycles. The first kappa shape index (κ1) is 13.3. The van der Waals surface area contributed by atoms with Crippen molar-refractivity contribution in [3.63, 3.8) is 0 Å². The van der Waals surface area contributed by atoms with E-state index in [4.69, 9.17) is 5.11 Å². The molecule has 0 heterocycles. The largest absolute Gasteiger partial charge is 0.396 e. The van der Waals surface area contributed by atoms with Gasteiger partial charge < -0.3 is 10.4 Å². The van der Waals surface area contributed by atoms with Crippen molar-refractivity contribution in [1.29, 1.82) is 0 Å². The fraction of sp³-hybridized carbons (Fsp3) is 1.00. The highest BCUT2D eigenvalue weighted by molar-refractivity contribution is 7.99. The van der Waals surface area contributed by atoms with E-state index in [9.17, 15) is 0 Å². The molecule has 0 radical (unpaired) electrons. The fourth-order valence-corrected chi connectivity index (χ4v) is 3.27. The monoisotopic (exact) mass is 231 g/mol. The Hall–Kier alpha value is 0.270. The van der Waals surface area contributed by atoms with E-state index in [0.29, 0.717) is 12.6 Å². The summed E-state index contributed by atoms with van der Waals surface area (Å²) in [5, 5.41) is 12.4. The van der Waals surface area contributed by atoms with Gasteiger partial charge in [-0.15, -0.1) is 0 Å². The quantitative estimate of drug-likeness (QED) is 0.629. The SMILES string of the molecule is CCCNC(CSCCO)C1CCCC1. The van der Waals surface area contributed by atoms with E-state index in [0.717, 1.165) is 18.2 Å². The zero-order valence-corrected chi connectivity index (χ0v) is 10.7. The van der Waals surface area contributed by atoms with Crippen LogP contribution in [0.5, 0.6) is 0 Å². The molecule has 0 saturated heterocycles. The molecule has 1 atom stereocenters. The van der Waals surface area contributed by atoms with Crippen LogP contribution in [0, 0.1) is 5.92 Å². The maximum atomic E-state index is 8.78. The molecule has 0 aromatic carbocycles. The molecule has 0 aromatic rings. The summed E-state index contributed by atoms with van der Waals surface area (Å²) < 4.78 is 0. The molecule has 1 rings (SSSR count). The second-order valence-electron chi connectivity index (χ2n) is 4.40. The van der Waals surface area contributed by atoms with Gasteiger partial charge in [0.15, 0.2) is 0 Å². The van der Waals surface area contributed by atoms with Crippen molar-refractivity contribution in [3.8, 4) is 0 Å². The van der Waals surface area contributed by atoms with Crippen LogP contribution in [0.25, 0.3) is 0 Å². The zero-order chi connectivity index (χ0) is 10.9. The van der Waals surface area contributed by atoms with E-state index < -0.39 is 0 Å². The average Bonchev–Trinajstić information content (AvgIpc) is 2.76. The van der Waals surface area contributed by atoms with Crippen molar-refractivity contribution in [2.45, 2.75) is 45.1 Å². The molecule has 0 amide bonds. The lowest BCUT2D eigenvalue weighted by Crippen LogP contribution is -2.38. The third-order valence-electron chi connectivity index (χ3n) is 3.16. The molecule has 90 valence electrons. The Morgan fingerprint density at radius 2 is 2.13 bits per heavy atom. The molecule has 3 heteroatoms. The summed E-state index contributed by atoms with van der Waals surface area (Å²) >= 11 is 1.89. The summed E-state index contributed by atoms with van der Waals surface area (Å²) in [6.45, 7) is 3.68. The number of nitrogens with one attached hydrogen (secondary N) is 1. The van der Waals surface area contributed by atoms with Crippen molar-refractivity contribution in [2.75, 3.05) is 24.7 Å². The van der Waals surface area contributed by atoms with Gasteiger partial charge in [0, 0.05) is 17.5 Å². The zero-order valence-electron chi connectivity index (χ0n) is 9.87. The van der Waals surface area contributed by atoms with Crippen molar-refractivity contribution < 1.29 is 5.11 Å². The van der Waals surface area contributed by atoms with E-state index >= 15 is 0 Å². The third-order valence-corrected chi connectivity index (χ3v) is 4.22. The summed E-state index contributed by atoms with van der Waals surface area (Å²) in [5.74, 6) is 2.95. The van der Waals surface area contributed by atoms with Crippen molar-refractivity contribution in [3.05, 3.63) is 0 Å². The molecule has 0 bridgehead atoms. The minimum absolute atomic E-state index is 0.315. The number of hydrogen-bond acceptors (Lipinski definition) is 3. The number of rotatable bonds is 8. The maximum Gasteiger partial charge on any atom is 0.0521 e. The van der Waals surface area contributed by atoms with Crippen LogP contribution in [0.4, 0.5) is 0 Å². The summed E-state index contributed by atoms with van der Waals surface area (Å²) in [5.41, 5.74) is 0. The molecular formula is C12H25NOS. The average molecular weight is 231 g/mol. The first-order valence-corrected chi connectivity index (χ1v) is 7.46. The van der Waals surface area contributed by atoms with Crippen molar-refractivity contribution in [2.24, 2.45) is 5.92 Å². The van der Waals surface area contributed by atoms with Gasteiger partial charge in [0.05, 0.1) is 6.61 Å². The van der Waals surface area contributed by atoms with Gasteiger partial charge in [0.2, 0.25) is 0 Å². The fourth-order valence-electron chi connectivity index (χ4n) is 2.33. The Morgan fingerprint density at radius 1 is 1.40 bits per heavy atom. The minimum Gasteiger partial charge on any atom is -0.396 e. The van der Waals surface area contributed by atoms with Crippen LogP contribution in [-0.2, 0) is 0 Å². The summed E-state index contributed by atoms with van der Waals surface area (Å²) in [6.07, 6.45) is 6.86. The van der Waals surface area contributed by atoms with Crippen LogP contribution < -0.4 is 5.32 Å². The predicted molar refractivity (Wildman–Crippen MR) is 68.5 cm³/mol. The topological polar surface area (TPSA) is 32.3 Å². The Kier molecular flexibility index (Phi) is 7.49. The van der Waals surface area contributed by atoms with Crippen molar-refractivity contribution in [1.82, 2.24) is 5.32 Å². The van der Waals surface area contributed by atoms with Gasteiger partial charge in [-0.3, -0.25) is 0 Å². The van der Waals surface area contributed by atoms with Gasteiger partial charge in [-0.25, -0.2) is 0 Å². The molecule has 0 aromatic heterocycles. The Morgan fingerprint density at radius 3 is 2.73 bits per heavy atom. The predicted octanol–water partition coefficient (Wildman–Crippen LogP) is 2.27. The van der Waals surface area contributed by atoms with E-state index in [1.165, 1.54) is 37.9 Å². The third kappa shape index (κ3) is 5.23. The Balaban J connectivity index is 2.23. The van der Waals surface area contributed by atoms with Crippen LogP contribution in [0.15, 0.2) is 0 Å². The second-order valence-corrected chi connectivity index (χ2v) is 5.55. The van der Waals surface area contributed by atoms with Crippen molar-refractivity contribution >= 4 is 11.8 Å². The van der Waals surface area contributed by atoms with Gasteiger partial charge in [-0.05, 0) is 31.7 Å². The van der Waals surface area contributed by atoms with Crippen LogP contribution in [0.1, 0.15) is 39.0 Å². The summed E-state index contributed by atoms with van der Waals surface area (Å²) in [6, 6.07) is 0.684. The van der Waals surface area contributed by atoms with Gasteiger partial charge >= 0.3 is 0 Å². The van der Waals surface area contributed by atoms with Gasteiger partial charge in [0.1, 0.15) is 0 Å². The normalized spacial score (nSPS) is 19.6. The van der Waals surface area contributed by atoms with Crippen LogP contribution >= 0.6 is 11.8 Å². The number of thioether (sulfide) groups is 1. The highest BCUT2D eigenvalue weighted by atomic mass is 32.2. The van der Waals surface area contributed by atoms with Gasteiger partial charge in [0.25, 0.3) is 0 Å². The molecule has 2 N–H and O–H groups in total. The van der Waals surface area contributed by atoms with Gasteiger partial charge in [-0.1, -0.05) is 19.8 Å². The molecule has 15 heavy (non-hydrogen) atoms. The molecule has 1 aliphatic rings. The van der Waals surface area contributed by atoms with E-state index in [-0.39, 0.29) is 0 Å². The first-order valence-electron chi connectivity index (χ1n) is 6.30. The molecule has 1 unspecified atom stereocenters. The summed E-state index contributed by atoms with van der Waals surface area (Å²) in [7, 11) is 0. The maximum absolute atomic E-state index is 8.78. The summed E-state index contributed by atoms with van der Waals surface area (Å²) in [4.78, 5) is 0. The molecular weight excluding hydrogens is 206 g/mol. The Labute approximate surface area is 98.2 Å². The standard InChI is InChI=1S/C12H25NOS/c1-2-7-13-12(10-15-9-8-14)11-5-3-4-6-11/h11-14H,2-10H2,1H3. The molecule has 1 fully saturated rings. The molecule has 0 aliphatic heterocycles. The first-order chi connectivity index (χ1) is 7.38. The van der Waals surface area contributed by atoms with E-state index in [1.54, 1.807) is 0 Å². The van der Waals surface area contributed by atoms with E-state index in [1.807, 2.05) is 11.8 Å². The lowest BCUT2D eigenvalue weighted by atomic mass is 10.00. The van der Waals surface area contributed by atoms with Crippen LogP contribution in [0.3, 0.4) is 0 Å². The van der Waals surface area contributed by atoms with Gasteiger partial charge in [-0.2, -0.15) is 11.8 Å². The molecule has 2 nitrogen and oxygen atoms in total. The van der Waals surface area contributed by atoms with Crippen LogP contribution in [0.2, 0.25) is 0 Å². The van der Waals surface area contributed by atoms with E-state index in [2.05, 4.69) is 12.2 Å². The highest BCUT2D eigenvalue weighted by Crippen LogP contribution is 2.29. The highest BCUT2D eigenvalue weighted by Gasteiger charge is 2.23. The minimum atomic E-state index is 0.315. The Bertz CT molecular complexity index is 149.